The highest BCUT2D eigenvalue weighted by Gasteiger charge is 2.44. The van der Waals surface area contributed by atoms with E-state index < -0.39 is 40.9 Å². The molecule has 0 amide bonds. The molecule has 2 aromatic carbocycles. The Balaban J connectivity index is 1.91. The lowest BCUT2D eigenvalue weighted by Gasteiger charge is -2.18. The molecular weight excluding hydrogens is 486 g/mol. The predicted molar refractivity (Wildman–Crippen MR) is 110 cm³/mol. The standard InChI is InChI=1S/C22H14F6N2O3S/c1-10-9-15-18(34-10)17(11-5-7-12(8-6-11)20(32)33)29-30(15)19(31)16-13(21(23,24)25)3-2-4-14(16)22(26,27)28/h2-8,10H,9H2,1H3,(H,32,33). The van der Waals surface area contributed by atoms with Crippen molar-refractivity contribution in [1.29, 1.82) is 0 Å². The number of alkyl halides is 6. The van der Waals surface area contributed by atoms with Gasteiger partial charge in [-0.15, -0.1) is 11.8 Å². The Morgan fingerprint density at radius 3 is 2.06 bits per heavy atom. The van der Waals surface area contributed by atoms with Gasteiger partial charge in [0.05, 0.1) is 32.8 Å². The van der Waals surface area contributed by atoms with Crippen LogP contribution in [0.1, 0.15) is 44.5 Å². The van der Waals surface area contributed by atoms with E-state index in [0.29, 0.717) is 33.3 Å². The van der Waals surface area contributed by atoms with Crippen molar-refractivity contribution in [1.82, 2.24) is 9.78 Å². The first-order valence-corrected chi connectivity index (χ1v) is 10.6. The molecule has 1 N–H and O–H groups in total. The zero-order chi connectivity index (χ0) is 25.0. The number of carbonyl (C=O) groups excluding carboxylic acids is 1. The van der Waals surface area contributed by atoms with Crippen molar-refractivity contribution in [2.75, 3.05) is 0 Å². The molecule has 0 aliphatic carbocycles. The number of benzene rings is 2. The number of carboxylic acids is 1. The SMILES string of the molecule is CC1Cc2c(c(-c3ccc(C(=O)O)cc3)nn2C(=O)c2c(C(F)(F)F)cccc2C(F)(F)F)S1. The Kier molecular flexibility index (Phi) is 5.75. The van der Waals surface area contributed by atoms with Crippen LogP contribution in [0.25, 0.3) is 11.3 Å². The van der Waals surface area contributed by atoms with Crippen molar-refractivity contribution in [3.05, 3.63) is 70.4 Å². The van der Waals surface area contributed by atoms with Crippen LogP contribution in [0, 0.1) is 0 Å². The molecule has 1 unspecified atom stereocenters. The molecule has 0 fully saturated rings. The highest BCUT2D eigenvalue weighted by Crippen LogP contribution is 2.45. The number of aromatic nitrogens is 2. The molecule has 1 aliphatic heterocycles. The average Bonchev–Trinajstić information content (AvgIpc) is 3.29. The molecule has 4 rings (SSSR count). The Hall–Kier alpha value is -3.28. The first-order chi connectivity index (χ1) is 15.8. The maximum Gasteiger partial charge on any atom is 0.417 e. The number of nitrogens with zero attached hydrogens (tertiary/aromatic N) is 2. The van der Waals surface area contributed by atoms with E-state index in [4.69, 9.17) is 5.11 Å². The number of rotatable bonds is 3. The fraction of sp³-hybridized carbons (Fsp3) is 0.227. The van der Waals surface area contributed by atoms with E-state index in [9.17, 15) is 35.9 Å². The van der Waals surface area contributed by atoms with E-state index in [-0.39, 0.29) is 28.6 Å². The van der Waals surface area contributed by atoms with Crippen molar-refractivity contribution in [3.63, 3.8) is 0 Å². The molecular formula is C22H14F6N2O3S. The number of carboxylic acid groups (broad SMARTS) is 1. The maximum absolute atomic E-state index is 13.6. The van der Waals surface area contributed by atoms with Gasteiger partial charge in [-0.2, -0.15) is 36.1 Å². The second kappa shape index (κ2) is 8.19. The van der Waals surface area contributed by atoms with E-state index in [1.165, 1.54) is 36.0 Å². The molecule has 0 bridgehead atoms. The molecule has 3 aromatic rings. The molecule has 0 saturated carbocycles. The van der Waals surface area contributed by atoms with Crippen molar-refractivity contribution < 1.29 is 41.0 Å². The molecule has 178 valence electrons. The molecule has 2 heterocycles. The van der Waals surface area contributed by atoms with Gasteiger partial charge in [-0.3, -0.25) is 4.79 Å². The Labute approximate surface area is 192 Å². The second-order valence-electron chi connectivity index (χ2n) is 7.58. The zero-order valence-corrected chi connectivity index (χ0v) is 18.0. The average molecular weight is 500 g/mol. The van der Waals surface area contributed by atoms with Crippen molar-refractivity contribution in [2.24, 2.45) is 0 Å². The highest BCUT2D eigenvalue weighted by molar-refractivity contribution is 8.00. The van der Waals surface area contributed by atoms with Gasteiger partial charge in [-0.05, 0) is 24.3 Å². The van der Waals surface area contributed by atoms with Gasteiger partial charge >= 0.3 is 18.3 Å². The summed E-state index contributed by atoms with van der Waals surface area (Å²) in [4.78, 5) is 24.8. The van der Waals surface area contributed by atoms with Crippen molar-refractivity contribution >= 4 is 23.6 Å². The smallest absolute Gasteiger partial charge is 0.417 e. The van der Waals surface area contributed by atoms with Crippen LogP contribution in [0.15, 0.2) is 47.4 Å². The number of halogens is 6. The van der Waals surface area contributed by atoms with Gasteiger partial charge in [0.1, 0.15) is 5.69 Å². The van der Waals surface area contributed by atoms with Gasteiger partial charge < -0.3 is 5.11 Å². The van der Waals surface area contributed by atoms with Gasteiger partial charge in [-0.25, -0.2) is 4.79 Å². The number of hydrogen-bond acceptors (Lipinski definition) is 4. The van der Waals surface area contributed by atoms with Gasteiger partial charge in [-0.1, -0.05) is 25.1 Å². The molecule has 1 aromatic heterocycles. The first kappa shape index (κ1) is 23.9. The lowest BCUT2D eigenvalue weighted by molar-refractivity contribution is -0.143. The van der Waals surface area contributed by atoms with Gasteiger partial charge in [0.15, 0.2) is 0 Å². The predicted octanol–water partition coefficient (Wildman–Crippen LogP) is 6.01. The minimum Gasteiger partial charge on any atom is -0.478 e. The normalized spacial score (nSPS) is 15.9. The third-order valence-electron chi connectivity index (χ3n) is 5.22. The monoisotopic (exact) mass is 500 g/mol. The summed E-state index contributed by atoms with van der Waals surface area (Å²) in [5.41, 5.74) is -4.21. The molecule has 0 saturated heterocycles. The van der Waals surface area contributed by atoms with Crippen LogP contribution in [0.2, 0.25) is 0 Å². The Morgan fingerprint density at radius 2 is 1.56 bits per heavy atom. The van der Waals surface area contributed by atoms with Gasteiger partial charge in [0, 0.05) is 17.2 Å². The third-order valence-corrected chi connectivity index (χ3v) is 6.45. The largest absolute Gasteiger partial charge is 0.478 e. The summed E-state index contributed by atoms with van der Waals surface area (Å²) in [7, 11) is 0. The first-order valence-electron chi connectivity index (χ1n) is 9.73. The van der Waals surface area contributed by atoms with Crippen LogP contribution in [-0.4, -0.2) is 32.0 Å². The van der Waals surface area contributed by atoms with E-state index in [1.54, 1.807) is 6.92 Å². The van der Waals surface area contributed by atoms with Crippen LogP contribution in [0.5, 0.6) is 0 Å². The minimum atomic E-state index is -5.21. The van der Waals surface area contributed by atoms with Crippen molar-refractivity contribution in [2.45, 2.75) is 35.8 Å². The van der Waals surface area contributed by atoms with Gasteiger partial charge in [0.2, 0.25) is 0 Å². The summed E-state index contributed by atoms with van der Waals surface area (Å²) in [5.74, 6) is -2.72. The van der Waals surface area contributed by atoms with Crippen LogP contribution < -0.4 is 0 Å². The molecule has 1 aliphatic rings. The third kappa shape index (κ3) is 4.17. The van der Waals surface area contributed by atoms with E-state index in [2.05, 4.69) is 5.10 Å². The van der Waals surface area contributed by atoms with Crippen LogP contribution in [0.4, 0.5) is 26.3 Å². The fourth-order valence-electron chi connectivity index (χ4n) is 3.75. The number of carbonyl (C=O) groups is 2. The summed E-state index contributed by atoms with van der Waals surface area (Å²) in [5, 5.41) is 13.1. The molecule has 34 heavy (non-hydrogen) atoms. The zero-order valence-electron chi connectivity index (χ0n) is 17.2. The second-order valence-corrected chi connectivity index (χ2v) is 9.03. The number of hydrogen-bond donors (Lipinski definition) is 1. The molecule has 5 nitrogen and oxygen atoms in total. The Morgan fingerprint density at radius 1 is 1.00 bits per heavy atom. The van der Waals surface area contributed by atoms with E-state index in [1.807, 2.05) is 0 Å². The lowest BCUT2D eigenvalue weighted by atomic mass is 9.99. The van der Waals surface area contributed by atoms with Crippen LogP contribution in [0.3, 0.4) is 0 Å². The number of fused-ring (bicyclic) bond motifs is 1. The summed E-state index contributed by atoms with van der Waals surface area (Å²) < 4.78 is 82.2. The fourth-order valence-corrected chi connectivity index (χ4v) is 4.97. The highest BCUT2D eigenvalue weighted by atomic mass is 32.2. The quantitative estimate of drug-likeness (QED) is 0.446. The minimum absolute atomic E-state index is 0.0224. The van der Waals surface area contributed by atoms with Gasteiger partial charge in [0.25, 0.3) is 5.91 Å². The maximum atomic E-state index is 13.6. The molecule has 0 radical (unpaired) electrons. The lowest BCUT2D eigenvalue weighted by Crippen LogP contribution is -2.26. The van der Waals surface area contributed by atoms with Crippen LogP contribution >= 0.6 is 11.8 Å². The van der Waals surface area contributed by atoms with Crippen LogP contribution in [-0.2, 0) is 18.8 Å². The van der Waals surface area contributed by atoms with Crippen molar-refractivity contribution in [3.8, 4) is 11.3 Å². The summed E-state index contributed by atoms with van der Waals surface area (Å²) in [6.07, 6.45) is -10.2. The summed E-state index contributed by atoms with van der Waals surface area (Å²) in [6, 6.07) is 6.85. The van der Waals surface area contributed by atoms with E-state index >= 15 is 0 Å². The Bertz CT molecular complexity index is 1260. The topological polar surface area (TPSA) is 72.2 Å². The summed E-state index contributed by atoms with van der Waals surface area (Å²) in [6.45, 7) is 1.79. The molecule has 0 spiro atoms. The molecule has 1 atom stereocenters. The van der Waals surface area contributed by atoms with E-state index in [0.717, 1.165) is 0 Å². The summed E-state index contributed by atoms with van der Waals surface area (Å²) >= 11 is 1.28. The molecule has 12 heteroatoms. The number of aromatic carboxylic acids is 1. The number of thioether (sulfide) groups is 1.